The van der Waals surface area contributed by atoms with Crippen molar-refractivity contribution in [2.24, 2.45) is 0 Å². The van der Waals surface area contributed by atoms with Gasteiger partial charge in [0.2, 0.25) is 0 Å². The summed E-state index contributed by atoms with van der Waals surface area (Å²) in [6, 6.07) is 6.97. The van der Waals surface area contributed by atoms with E-state index in [1.165, 1.54) is 0 Å². The molecular weight excluding hydrogens is 252 g/mol. The number of rotatable bonds is 6. The Kier molecular flexibility index (Phi) is 4.56. The Hall–Kier alpha value is -2.10. The first-order chi connectivity index (χ1) is 9.67. The van der Waals surface area contributed by atoms with Crippen LogP contribution in [0, 0.1) is 0 Å². The molecule has 106 valence electrons. The Labute approximate surface area is 119 Å². The SMILES string of the molecule is CCCc1nccn1C(C)C(=O)c1ccc(OC)cc1. The molecule has 20 heavy (non-hydrogen) atoms. The molecule has 1 unspecified atom stereocenters. The van der Waals surface area contributed by atoms with Crippen molar-refractivity contribution in [1.29, 1.82) is 0 Å². The lowest BCUT2D eigenvalue weighted by atomic mass is 10.0. The molecular formula is C16H20N2O2. The van der Waals surface area contributed by atoms with Crippen LogP contribution in [0.2, 0.25) is 0 Å². The second kappa shape index (κ2) is 6.37. The topological polar surface area (TPSA) is 44.1 Å². The Morgan fingerprint density at radius 2 is 2.05 bits per heavy atom. The van der Waals surface area contributed by atoms with Gasteiger partial charge in [0.05, 0.1) is 13.2 Å². The van der Waals surface area contributed by atoms with Crippen LogP contribution in [-0.4, -0.2) is 22.4 Å². The highest BCUT2D eigenvalue weighted by Gasteiger charge is 2.19. The summed E-state index contributed by atoms with van der Waals surface area (Å²) in [4.78, 5) is 16.8. The molecule has 0 aliphatic heterocycles. The van der Waals surface area contributed by atoms with Gasteiger partial charge < -0.3 is 9.30 Å². The highest BCUT2D eigenvalue weighted by Crippen LogP contribution is 2.19. The number of ether oxygens (including phenoxy) is 1. The van der Waals surface area contributed by atoms with Gasteiger partial charge >= 0.3 is 0 Å². The minimum atomic E-state index is -0.243. The first kappa shape index (κ1) is 14.3. The maximum Gasteiger partial charge on any atom is 0.185 e. The summed E-state index contributed by atoms with van der Waals surface area (Å²) in [5.74, 6) is 1.80. The van der Waals surface area contributed by atoms with Crippen molar-refractivity contribution in [2.75, 3.05) is 7.11 Å². The number of methoxy groups -OCH3 is 1. The summed E-state index contributed by atoms with van der Waals surface area (Å²) in [6.07, 6.45) is 5.52. The molecule has 4 nitrogen and oxygen atoms in total. The fourth-order valence-electron chi connectivity index (χ4n) is 2.24. The molecule has 0 aliphatic carbocycles. The number of aryl methyl sites for hydroxylation is 1. The maximum atomic E-state index is 12.5. The molecule has 1 atom stereocenters. The normalized spacial score (nSPS) is 12.2. The lowest BCUT2D eigenvalue weighted by molar-refractivity contribution is 0.0933. The van der Waals surface area contributed by atoms with Crippen LogP contribution in [0.4, 0.5) is 0 Å². The molecule has 0 radical (unpaired) electrons. The molecule has 0 bridgehead atoms. The van der Waals surface area contributed by atoms with E-state index < -0.39 is 0 Å². The molecule has 0 fully saturated rings. The van der Waals surface area contributed by atoms with E-state index in [2.05, 4.69) is 11.9 Å². The molecule has 0 N–H and O–H groups in total. The first-order valence-corrected chi connectivity index (χ1v) is 6.87. The Balaban J connectivity index is 2.20. The third-order valence-corrected chi connectivity index (χ3v) is 3.39. The van der Waals surface area contributed by atoms with Gasteiger partial charge in [-0.05, 0) is 37.6 Å². The van der Waals surface area contributed by atoms with Gasteiger partial charge in [0.25, 0.3) is 0 Å². The predicted molar refractivity (Wildman–Crippen MR) is 78.3 cm³/mol. The number of carbonyl (C=O) groups excluding carboxylic acids is 1. The van der Waals surface area contributed by atoms with Crippen LogP contribution < -0.4 is 4.74 Å². The summed E-state index contributed by atoms with van der Waals surface area (Å²) in [7, 11) is 1.61. The zero-order valence-electron chi connectivity index (χ0n) is 12.2. The van der Waals surface area contributed by atoms with Gasteiger partial charge in [0.15, 0.2) is 5.78 Å². The minimum absolute atomic E-state index is 0.0861. The van der Waals surface area contributed by atoms with Crippen molar-refractivity contribution in [1.82, 2.24) is 9.55 Å². The van der Waals surface area contributed by atoms with E-state index in [1.54, 1.807) is 37.6 Å². The Bertz CT molecular complexity index is 572. The zero-order valence-corrected chi connectivity index (χ0v) is 12.2. The van der Waals surface area contributed by atoms with Gasteiger partial charge in [-0.15, -0.1) is 0 Å². The van der Waals surface area contributed by atoms with Gasteiger partial charge in [0.1, 0.15) is 11.6 Å². The lowest BCUT2D eigenvalue weighted by Gasteiger charge is -2.15. The number of imidazole rings is 1. The summed E-state index contributed by atoms with van der Waals surface area (Å²) < 4.78 is 7.06. The smallest absolute Gasteiger partial charge is 0.185 e. The molecule has 0 aliphatic rings. The maximum absolute atomic E-state index is 12.5. The standard InChI is InChI=1S/C16H20N2O2/c1-4-5-15-17-10-11-18(15)12(2)16(19)13-6-8-14(20-3)9-7-13/h6-12H,4-5H2,1-3H3. The van der Waals surface area contributed by atoms with Gasteiger partial charge in [-0.3, -0.25) is 4.79 Å². The molecule has 0 spiro atoms. The molecule has 0 saturated carbocycles. The van der Waals surface area contributed by atoms with Crippen molar-refractivity contribution < 1.29 is 9.53 Å². The number of benzene rings is 1. The molecule has 0 amide bonds. The average molecular weight is 272 g/mol. The van der Waals surface area contributed by atoms with E-state index in [0.717, 1.165) is 24.4 Å². The molecule has 2 rings (SSSR count). The summed E-state index contributed by atoms with van der Waals surface area (Å²) in [5, 5.41) is 0. The molecule has 1 heterocycles. The summed E-state index contributed by atoms with van der Waals surface area (Å²) in [6.45, 7) is 4.02. The van der Waals surface area contributed by atoms with Gasteiger partial charge in [-0.25, -0.2) is 4.98 Å². The lowest BCUT2D eigenvalue weighted by Crippen LogP contribution is -2.18. The fourth-order valence-corrected chi connectivity index (χ4v) is 2.24. The van der Waals surface area contributed by atoms with Crippen LogP contribution in [0.3, 0.4) is 0 Å². The van der Waals surface area contributed by atoms with E-state index in [-0.39, 0.29) is 11.8 Å². The highest BCUT2D eigenvalue weighted by atomic mass is 16.5. The number of ketones is 1. The number of Topliss-reactive ketones (excluding diaryl/α,β-unsaturated/α-hetero) is 1. The Morgan fingerprint density at radius 1 is 1.35 bits per heavy atom. The monoisotopic (exact) mass is 272 g/mol. The van der Waals surface area contributed by atoms with Crippen molar-refractivity contribution in [3.05, 3.63) is 48.0 Å². The second-order valence-corrected chi connectivity index (χ2v) is 4.77. The van der Waals surface area contributed by atoms with Crippen LogP contribution in [0.25, 0.3) is 0 Å². The van der Waals surface area contributed by atoms with E-state index >= 15 is 0 Å². The van der Waals surface area contributed by atoms with Crippen molar-refractivity contribution >= 4 is 5.78 Å². The molecule has 0 saturated heterocycles. The number of nitrogens with zero attached hydrogens (tertiary/aromatic N) is 2. The number of aromatic nitrogens is 2. The van der Waals surface area contributed by atoms with E-state index in [0.29, 0.717) is 5.56 Å². The molecule has 1 aromatic carbocycles. The molecule has 2 aromatic rings. The number of hydrogen-bond acceptors (Lipinski definition) is 3. The molecule has 1 aromatic heterocycles. The quantitative estimate of drug-likeness (QED) is 0.758. The van der Waals surface area contributed by atoms with E-state index in [9.17, 15) is 4.79 Å². The predicted octanol–water partition coefficient (Wildman–Crippen LogP) is 3.29. The van der Waals surface area contributed by atoms with Crippen LogP contribution >= 0.6 is 0 Å². The minimum Gasteiger partial charge on any atom is -0.497 e. The summed E-state index contributed by atoms with van der Waals surface area (Å²) >= 11 is 0. The summed E-state index contributed by atoms with van der Waals surface area (Å²) in [5.41, 5.74) is 0.689. The molecule has 4 heteroatoms. The van der Waals surface area contributed by atoms with Gasteiger partial charge in [-0.1, -0.05) is 6.92 Å². The van der Waals surface area contributed by atoms with Crippen LogP contribution in [0.5, 0.6) is 5.75 Å². The Morgan fingerprint density at radius 3 is 2.65 bits per heavy atom. The zero-order chi connectivity index (χ0) is 14.5. The average Bonchev–Trinajstić information content (AvgIpc) is 2.94. The van der Waals surface area contributed by atoms with Gasteiger partial charge in [-0.2, -0.15) is 0 Å². The van der Waals surface area contributed by atoms with E-state index in [4.69, 9.17) is 4.74 Å². The fraction of sp³-hybridized carbons (Fsp3) is 0.375. The van der Waals surface area contributed by atoms with Crippen LogP contribution in [0.15, 0.2) is 36.7 Å². The third kappa shape index (κ3) is 2.90. The highest BCUT2D eigenvalue weighted by molar-refractivity contribution is 5.98. The van der Waals surface area contributed by atoms with Crippen molar-refractivity contribution in [2.45, 2.75) is 32.7 Å². The third-order valence-electron chi connectivity index (χ3n) is 3.39. The second-order valence-electron chi connectivity index (χ2n) is 4.77. The largest absolute Gasteiger partial charge is 0.497 e. The van der Waals surface area contributed by atoms with Gasteiger partial charge in [0, 0.05) is 24.4 Å². The number of hydrogen-bond donors (Lipinski definition) is 0. The van der Waals surface area contributed by atoms with E-state index in [1.807, 2.05) is 17.7 Å². The first-order valence-electron chi connectivity index (χ1n) is 6.87. The van der Waals surface area contributed by atoms with Crippen LogP contribution in [-0.2, 0) is 6.42 Å². The van der Waals surface area contributed by atoms with Crippen molar-refractivity contribution in [3.63, 3.8) is 0 Å². The van der Waals surface area contributed by atoms with Crippen molar-refractivity contribution in [3.8, 4) is 5.75 Å². The van der Waals surface area contributed by atoms with Crippen LogP contribution in [0.1, 0.15) is 42.5 Å². The number of carbonyl (C=O) groups is 1.